The third-order valence-corrected chi connectivity index (χ3v) is 5.41. The number of carbonyl (C=O) groups excluding carboxylic acids is 2. The van der Waals surface area contributed by atoms with E-state index in [-0.39, 0.29) is 29.3 Å². The van der Waals surface area contributed by atoms with Crippen LogP contribution in [0.4, 0.5) is 13.2 Å². The van der Waals surface area contributed by atoms with Crippen LogP contribution in [0.2, 0.25) is 5.02 Å². The molecule has 0 unspecified atom stereocenters. The first-order valence-corrected chi connectivity index (χ1v) is 10.2. The molecule has 0 saturated carbocycles. The zero-order valence-electron chi connectivity index (χ0n) is 17.5. The highest BCUT2D eigenvalue weighted by atomic mass is 35.5. The van der Waals surface area contributed by atoms with Gasteiger partial charge in [0, 0.05) is 30.7 Å². The highest BCUT2D eigenvalue weighted by Crippen LogP contribution is 2.30. The molecule has 32 heavy (non-hydrogen) atoms. The van der Waals surface area contributed by atoms with Crippen molar-refractivity contribution >= 4 is 23.4 Å². The minimum atomic E-state index is -4.84. The van der Waals surface area contributed by atoms with E-state index in [0.29, 0.717) is 30.2 Å². The molecule has 2 amide bonds. The Balaban J connectivity index is 1.78. The second kappa shape index (κ2) is 9.68. The summed E-state index contributed by atoms with van der Waals surface area (Å²) < 4.78 is 47.4. The zero-order valence-corrected chi connectivity index (χ0v) is 18.2. The van der Waals surface area contributed by atoms with Crippen molar-refractivity contribution in [1.29, 1.82) is 0 Å². The van der Waals surface area contributed by atoms with Gasteiger partial charge in [-0.2, -0.15) is 0 Å². The van der Waals surface area contributed by atoms with Crippen LogP contribution >= 0.6 is 11.6 Å². The molecule has 0 N–H and O–H groups in total. The number of ether oxygens (including phenoxy) is 2. The van der Waals surface area contributed by atoms with Gasteiger partial charge in [0.2, 0.25) is 5.91 Å². The highest BCUT2D eigenvalue weighted by Gasteiger charge is 2.37. The lowest BCUT2D eigenvalue weighted by molar-refractivity contribution is -0.275. The predicted octanol–water partition coefficient (Wildman–Crippen LogP) is 4.51. The standard InChI is InChI=1S/C22H22ClF3N2O4/c1-27(13-14-6-3-4-8-18(14)32-22(24,25)26)21(30)17-7-5-11-28(17)20(29)16-12-15(23)9-10-19(16)31-2/h3-4,6,8-10,12,17H,5,7,11,13H2,1-2H3/t17-/m1/s1. The molecule has 172 valence electrons. The van der Waals surface area contributed by atoms with Gasteiger partial charge in [-0.05, 0) is 37.1 Å². The van der Waals surface area contributed by atoms with Crippen molar-refractivity contribution < 1.29 is 32.2 Å². The summed E-state index contributed by atoms with van der Waals surface area (Å²) in [4.78, 5) is 29.0. The number of alkyl halides is 3. The van der Waals surface area contributed by atoms with Crippen molar-refractivity contribution in [3.8, 4) is 11.5 Å². The van der Waals surface area contributed by atoms with Crippen LogP contribution in [0.5, 0.6) is 11.5 Å². The molecule has 0 radical (unpaired) electrons. The monoisotopic (exact) mass is 470 g/mol. The number of likely N-dealkylation sites (N-methyl/N-ethyl adjacent to an activating group) is 1. The SMILES string of the molecule is COc1ccc(Cl)cc1C(=O)N1CCC[C@@H]1C(=O)N(C)Cc1ccccc1OC(F)(F)F. The van der Waals surface area contributed by atoms with Crippen LogP contribution in [0.15, 0.2) is 42.5 Å². The maximum absolute atomic E-state index is 13.2. The molecule has 0 bridgehead atoms. The van der Waals surface area contributed by atoms with Gasteiger partial charge in [0.15, 0.2) is 0 Å². The molecule has 1 fully saturated rings. The maximum atomic E-state index is 13.2. The predicted molar refractivity (Wildman–Crippen MR) is 112 cm³/mol. The van der Waals surface area contributed by atoms with Crippen LogP contribution in [-0.2, 0) is 11.3 Å². The average Bonchev–Trinajstić information content (AvgIpc) is 3.22. The fraction of sp³-hybridized carbons (Fsp3) is 0.364. The molecule has 2 aromatic rings. The van der Waals surface area contributed by atoms with Gasteiger partial charge in [0.1, 0.15) is 17.5 Å². The number of amides is 2. The number of hydrogen-bond acceptors (Lipinski definition) is 4. The molecule has 0 aliphatic carbocycles. The van der Waals surface area contributed by atoms with E-state index >= 15 is 0 Å². The first-order valence-electron chi connectivity index (χ1n) is 9.84. The Morgan fingerprint density at radius 3 is 2.59 bits per heavy atom. The van der Waals surface area contributed by atoms with Crippen molar-refractivity contribution in [3.05, 3.63) is 58.6 Å². The van der Waals surface area contributed by atoms with Gasteiger partial charge in [0.25, 0.3) is 5.91 Å². The van der Waals surface area contributed by atoms with Crippen molar-refractivity contribution in [2.75, 3.05) is 20.7 Å². The van der Waals surface area contributed by atoms with Gasteiger partial charge in [-0.25, -0.2) is 0 Å². The number of para-hydroxylation sites is 1. The van der Waals surface area contributed by atoms with E-state index in [0.717, 1.165) is 0 Å². The van der Waals surface area contributed by atoms with Crippen molar-refractivity contribution in [2.24, 2.45) is 0 Å². The summed E-state index contributed by atoms with van der Waals surface area (Å²) in [5.41, 5.74) is 0.444. The summed E-state index contributed by atoms with van der Waals surface area (Å²) >= 11 is 6.03. The summed E-state index contributed by atoms with van der Waals surface area (Å²) in [6.45, 7) is 0.261. The molecule has 1 aliphatic rings. The Morgan fingerprint density at radius 1 is 1.19 bits per heavy atom. The van der Waals surface area contributed by atoms with E-state index in [9.17, 15) is 22.8 Å². The largest absolute Gasteiger partial charge is 0.573 e. The Kier molecular flexibility index (Phi) is 7.18. The molecule has 2 aromatic carbocycles. The first-order chi connectivity index (χ1) is 15.1. The van der Waals surface area contributed by atoms with Crippen molar-refractivity contribution in [2.45, 2.75) is 31.8 Å². The minimum Gasteiger partial charge on any atom is -0.496 e. The number of rotatable bonds is 6. The second-order valence-corrected chi connectivity index (χ2v) is 7.79. The van der Waals surface area contributed by atoms with Crippen LogP contribution < -0.4 is 9.47 Å². The lowest BCUT2D eigenvalue weighted by Crippen LogP contribution is -2.46. The van der Waals surface area contributed by atoms with E-state index in [1.807, 2.05) is 0 Å². The van der Waals surface area contributed by atoms with E-state index in [2.05, 4.69) is 4.74 Å². The summed E-state index contributed by atoms with van der Waals surface area (Å²) in [7, 11) is 2.91. The molecule has 0 spiro atoms. The summed E-state index contributed by atoms with van der Waals surface area (Å²) in [5, 5.41) is 0.356. The number of benzene rings is 2. The number of carbonyl (C=O) groups is 2. The number of halogens is 4. The molecule has 6 nitrogen and oxygen atoms in total. The highest BCUT2D eigenvalue weighted by molar-refractivity contribution is 6.31. The fourth-order valence-electron chi connectivity index (χ4n) is 3.72. The molecule has 1 saturated heterocycles. The van der Waals surface area contributed by atoms with Gasteiger partial charge in [0.05, 0.1) is 12.7 Å². The summed E-state index contributed by atoms with van der Waals surface area (Å²) in [6, 6.07) is 9.54. The third-order valence-electron chi connectivity index (χ3n) is 5.17. The molecular formula is C22H22ClF3N2O4. The Labute approximate surface area is 188 Å². The summed E-state index contributed by atoms with van der Waals surface area (Å²) in [5.74, 6) is -0.806. The molecule has 3 rings (SSSR count). The Morgan fingerprint density at radius 2 is 1.91 bits per heavy atom. The Bertz CT molecular complexity index is 999. The average molecular weight is 471 g/mol. The molecule has 1 heterocycles. The number of methoxy groups -OCH3 is 1. The van der Waals surface area contributed by atoms with Crippen molar-refractivity contribution in [1.82, 2.24) is 9.80 Å². The number of likely N-dealkylation sites (tertiary alicyclic amines) is 1. The van der Waals surface area contributed by atoms with Crippen molar-refractivity contribution in [3.63, 3.8) is 0 Å². The third kappa shape index (κ3) is 5.45. The summed E-state index contributed by atoms with van der Waals surface area (Å²) in [6.07, 6.45) is -3.78. The van der Waals surface area contributed by atoms with Gasteiger partial charge in [-0.1, -0.05) is 29.8 Å². The maximum Gasteiger partial charge on any atom is 0.573 e. The quantitative estimate of drug-likeness (QED) is 0.623. The van der Waals surface area contributed by atoms with Gasteiger partial charge in [-0.15, -0.1) is 13.2 Å². The molecular weight excluding hydrogens is 449 g/mol. The van der Waals surface area contributed by atoms with Crippen LogP contribution in [0, 0.1) is 0 Å². The zero-order chi connectivity index (χ0) is 23.5. The van der Waals surface area contributed by atoms with E-state index in [4.69, 9.17) is 16.3 Å². The molecule has 1 atom stereocenters. The number of nitrogens with zero attached hydrogens (tertiary/aromatic N) is 2. The Hall–Kier alpha value is -2.94. The van der Waals surface area contributed by atoms with E-state index < -0.39 is 18.3 Å². The smallest absolute Gasteiger partial charge is 0.496 e. The first kappa shape index (κ1) is 23.7. The number of hydrogen-bond donors (Lipinski definition) is 0. The van der Waals surface area contributed by atoms with E-state index in [1.165, 1.54) is 48.2 Å². The molecule has 0 aromatic heterocycles. The fourth-order valence-corrected chi connectivity index (χ4v) is 3.89. The van der Waals surface area contributed by atoms with Crippen LogP contribution in [0.3, 0.4) is 0 Å². The second-order valence-electron chi connectivity index (χ2n) is 7.35. The van der Waals surface area contributed by atoms with E-state index in [1.54, 1.807) is 18.2 Å². The van der Waals surface area contributed by atoms with Crippen LogP contribution in [-0.4, -0.2) is 54.7 Å². The normalized spacial score (nSPS) is 16.1. The van der Waals surface area contributed by atoms with Gasteiger partial charge in [-0.3, -0.25) is 9.59 Å². The van der Waals surface area contributed by atoms with Crippen LogP contribution in [0.1, 0.15) is 28.8 Å². The molecule has 10 heteroatoms. The lowest BCUT2D eigenvalue weighted by atomic mass is 10.1. The van der Waals surface area contributed by atoms with Gasteiger partial charge >= 0.3 is 6.36 Å². The minimum absolute atomic E-state index is 0.107. The van der Waals surface area contributed by atoms with Gasteiger partial charge < -0.3 is 19.3 Å². The lowest BCUT2D eigenvalue weighted by Gasteiger charge is -2.29. The van der Waals surface area contributed by atoms with Crippen LogP contribution in [0.25, 0.3) is 0 Å². The topological polar surface area (TPSA) is 59.1 Å². The molecule has 1 aliphatic heterocycles.